The third-order valence-corrected chi connectivity index (χ3v) is 5.67. The molecule has 0 radical (unpaired) electrons. The summed E-state index contributed by atoms with van der Waals surface area (Å²) in [5.41, 5.74) is 4.76. The molecule has 1 aliphatic rings. The van der Waals surface area contributed by atoms with Gasteiger partial charge in [-0.05, 0) is 34.6 Å². The average Bonchev–Trinajstić information content (AvgIpc) is 2.60. The van der Waals surface area contributed by atoms with Gasteiger partial charge < -0.3 is 15.4 Å². The highest BCUT2D eigenvalue weighted by Crippen LogP contribution is 2.46. The Hall–Kier alpha value is -2.66. The maximum Gasteiger partial charge on any atom is 0.254 e. The van der Waals surface area contributed by atoms with Gasteiger partial charge in [-0.1, -0.05) is 65.8 Å². The molecule has 0 fully saturated rings. The Kier molecular flexibility index (Phi) is 4.86. The maximum absolute atomic E-state index is 12.7. The lowest BCUT2D eigenvalue weighted by Gasteiger charge is -2.45. The maximum atomic E-state index is 12.7. The molecule has 1 heterocycles. The zero-order valence-electron chi connectivity index (χ0n) is 18.0. The first-order chi connectivity index (χ1) is 13.3. The van der Waals surface area contributed by atoms with E-state index in [-0.39, 0.29) is 22.3 Å². The molecular formula is C24H30N2O3. The Morgan fingerprint density at radius 2 is 1.76 bits per heavy atom. The van der Waals surface area contributed by atoms with Gasteiger partial charge in [-0.3, -0.25) is 9.59 Å². The Morgan fingerprint density at radius 1 is 1.14 bits per heavy atom. The van der Waals surface area contributed by atoms with E-state index in [1.807, 2.05) is 6.08 Å². The van der Waals surface area contributed by atoms with E-state index >= 15 is 0 Å². The number of rotatable bonds is 2. The van der Waals surface area contributed by atoms with Gasteiger partial charge in [-0.2, -0.15) is 0 Å². The van der Waals surface area contributed by atoms with E-state index in [9.17, 15) is 14.7 Å². The van der Waals surface area contributed by atoms with Crippen molar-refractivity contribution in [1.82, 2.24) is 4.57 Å². The molecule has 3 rings (SSSR count). The summed E-state index contributed by atoms with van der Waals surface area (Å²) >= 11 is 0. The molecule has 0 bridgehead atoms. The molecule has 0 saturated carbocycles. The van der Waals surface area contributed by atoms with E-state index in [2.05, 4.69) is 47.6 Å². The number of para-hydroxylation sites is 1. The number of nitrogens with two attached hydrogens (primary N) is 1. The number of allylic oxidation sites excluding steroid dienone is 2. The van der Waals surface area contributed by atoms with E-state index in [0.717, 1.165) is 5.57 Å². The molecule has 0 spiro atoms. The number of aliphatic hydroxyl groups is 1. The molecule has 1 amide bonds. The molecule has 5 nitrogen and oxygen atoms in total. The molecule has 3 N–H and O–H groups in total. The van der Waals surface area contributed by atoms with E-state index in [4.69, 9.17) is 5.73 Å². The Labute approximate surface area is 171 Å². The van der Waals surface area contributed by atoms with Crippen LogP contribution in [0.15, 0.2) is 59.1 Å². The standard InChI is InChI=1S/C24H30N2O3/c1-22(2,3)15-11-12-24(29,19(13-15)23(4,5)6)26-14-17(21(25)28)20(27)16-9-7-8-10-18(16)26/h7-14,19,29H,1-6H3,(H2,25,28). The van der Waals surface area contributed by atoms with Crippen molar-refractivity contribution in [2.24, 2.45) is 22.5 Å². The fraction of sp³-hybridized carbons (Fsp3) is 0.417. The molecule has 1 aliphatic carbocycles. The number of nitrogens with zero attached hydrogens (tertiary/aromatic N) is 1. The van der Waals surface area contributed by atoms with Gasteiger partial charge in [-0.25, -0.2) is 0 Å². The van der Waals surface area contributed by atoms with Crippen LogP contribution in [0.4, 0.5) is 0 Å². The van der Waals surface area contributed by atoms with E-state index in [1.165, 1.54) is 6.20 Å². The number of fused-ring (bicyclic) bond motifs is 1. The monoisotopic (exact) mass is 394 g/mol. The van der Waals surface area contributed by atoms with Crippen molar-refractivity contribution >= 4 is 16.8 Å². The number of carbonyl (C=O) groups excluding carboxylic acids is 1. The highest BCUT2D eigenvalue weighted by atomic mass is 16.3. The molecule has 2 unspecified atom stereocenters. The molecular weight excluding hydrogens is 364 g/mol. The van der Waals surface area contributed by atoms with Gasteiger partial charge in [0, 0.05) is 17.5 Å². The first-order valence-corrected chi connectivity index (χ1v) is 9.85. The first-order valence-electron chi connectivity index (χ1n) is 9.85. The molecule has 1 aromatic carbocycles. The van der Waals surface area contributed by atoms with Gasteiger partial charge in [0.15, 0.2) is 5.72 Å². The van der Waals surface area contributed by atoms with Crippen LogP contribution in [0.3, 0.4) is 0 Å². The highest BCUT2D eigenvalue weighted by Gasteiger charge is 2.45. The lowest BCUT2D eigenvalue weighted by molar-refractivity contribution is -0.0637. The number of benzene rings is 1. The van der Waals surface area contributed by atoms with Crippen LogP contribution >= 0.6 is 0 Å². The van der Waals surface area contributed by atoms with E-state index < -0.39 is 17.1 Å². The Morgan fingerprint density at radius 3 is 2.31 bits per heavy atom. The molecule has 154 valence electrons. The number of carbonyl (C=O) groups is 1. The number of hydrogen-bond donors (Lipinski definition) is 2. The minimum absolute atomic E-state index is 0.0781. The fourth-order valence-electron chi connectivity index (χ4n) is 4.04. The third kappa shape index (κ3) is 3.55. The second-order valence-corrected chi connectivity index (χ2v) is 9.96. The molecule has 0 saturated heterocycles. The Bertz CT molecular complexity index is 1090. The predicted molar refractivity (Wildman–Crippen MR) is 117 cm³/mol. The highest BCUT2D eigenvalue weighted by molar-refractivity contribution is 5.96. The largest absolute Gasteiger partial charge is 0.366 e. The molecule has 29 heavy (non-hydrogen) atoms. The Balaban J connectivity index is 2.37. The van der Waals surface area contributed by atoms with Crippen molar-refractivity contribution in [3.8, 4) is 0 Å². The second kappa shape index (κ2) is 6.70. The van der Waals surface area contributed by atoms with Gasteiger partial charge in [-0.15, -0.1) is 0 Å². The fourth-order valence-corrected chi connectivity index (χ4v) is 4.04. The number of hydrogen-bond acceptors (Lipinski definition) is 3. The van der Waals surface area contributed by atoms with Crippen LogP contribution in [-0.2, 0) is 5.72 Å². The molecule has 2 aromatic rings. The average molecular weight is 395 g/mol. The van der Waals surface area contributed by atoms with Crippen molar-refractivity contribution in [3.63, 3.8) is 0 Å². The van der Waals surface area contributed by atoms with Crippen LogP contribution in [0.25, 0.3) is 10.9 Å². The summed E-state index contributed by atoms with van der Waals surface area (Å²) in [6, 6.07) is 6.97. The van der Waals surface area contributed by atoms with Crippen molar-refractivity contribution in [2.45, 2.75) is 47.3 Å². The van der Waals surface area contributed by atoms with Crippen LogP contribution in [-0.4, -0.2) is 15.6 Å². The SMILES string of the molecule is CC(C)(C)C1=CC(C(C)(C)C)C(O)(n2cc(C(N)=O)c(=O)c3ccccc32)C=C1. The predicted octanol–water partition coefficient (Wildman–Crippen LogP) is 3.95. The summed E-state index contributed by atoms with van der Waals surface area (Å²) < 4.78 is 1.62. The number of aromatic nitrogens is 1. The number of primary amides is 1. The van der Waals surface area contributed by atoms with Gasteiger partial charge in [0.25, 0.3) is 5.91 Å². The van der Waals surface area contributed by atoms with Gasteiger partial charge in [0.2, 0.25) is 5.43 Å². The lowest BCUT2D eigenvalue weighted by atomic mass is 9.68. The topological polar surface area (TPSA) is 85.3 Å². The summed E-state index contributed by atoms with van der Waals surface area (Å²) in [6.45, 7) is 12.6. The summed E-state index contributed by atoms with van der Waals surface area (Å²) in [6.07, 6.45) is 7.20. The van der Waals surface area contributed by atoms with Crippen molar-refractivity contribution in [3.05, 3.63) is 70.1 Å². The first kappa shape index (κ1) is 21.1. The van der Waals surface area contributed by atoms with Crippen LogP contribution in [0.1, 0.15) is 51.9 Å². The quantitative estimate of drug-likeness (QED) is 0.809. The van der Waals surface area contributed by atoms with Gasteiger partial charge in [0.05, 0.1) is 5.52 Å². The summed E-state index contributed by atoms with van der Waals surface area (Å²) in [7, 11) is 0. The zero-order chi connectivity index (χ0) is 21.8. The number of pyridine rings is 1. The summed E-state index contributed by atoms with van der Waals surface area (Å²) in [4.78, 5) is 24.7. The van der Waals surface area contributed by atoms with Crippen LogP contribution < -0.4 is 11.2 Å². The normalized spacial score (nSPS) is 22.6. The minimum atomic E-state index is -1.47. The van der Waals surface area contributed by atoms with Crippen LogP contribution in [0.5, 0.6) is 0 Å². The molecule has 2 atom stereocenters. The van der Waals surface area contributed by atoms with E-state index in [1.54, 1.807) is 34.9 Å². The van der Waals surface area contributed by atoms with Crippen molar-refractivity contribution < 1.29 is 9.90 Å². The smallest absolute Gasteiger partial charge is 0.254 e. The second-order valence-electron chi connectivity index (χ2n) is 9.96. The third-order valence-electron chi connectivity index (χ3n) is 5.67. The summed E-state index contributed by atoms with van der Waals surface area (Å²) in [5, 5.41) is 12.3. The van der Waals surface area contributed by atoms with Gasteiger partial charge in [0.1, 0.15) is 5.56 Å². The van der Waals surface area contributed by atoms with Crippen molar-refractivity contribution in [1.29, 1.82) is 0 Å². The van der Waals surface area contributed by atoms with E-state index in [0.29, 0.717) is 10.9 Å². The minimum Gasteiger partial charge on any atom is -0.366 e. The zero-order valence-corrected chi connectivity index (χ0v) is 18.0. The molecule has 0 aliphatic heterocycles. The van der Waals surface area contributed by atoms with Crippen LogP contribution in [0.2, 0.25) is 0 Å². The lowest BCUT2D eigenvalue weighted by Crippen LogP contribution is -2.47. The van der Waals surface area contributed by atoms with Gasteiger partial charge >= 0.3 is 0 Å². The molecule has 1 aromatic heterocycles. The summed E-state index contributed by atoms with van der Waals surface area (Å²) in [5.74, 6) is -1.11. The number of amides is 1. The van der Waals surface area contributed by atoms with Crippen molar-refractivity contribution in [2.75, 3.05) is 0 Å². The van der Waals surface area contributed by atoms with Crippen LogP contribution in [0, 0.1) is 16.7 Å². The molecule has 5 heteroatoms.